The highest BCUT2D eigenvalue weighted by molar-refractivity contribution is 5.93. The third-order valence-corrected chi connectivity index (χ3v) is 7.46. The zero-order chi connectivity index (χ0) is 47.0. The Balaban J connectivity index is 2.06. The predicted molar refractivity (Wildman–Crippen MR) is 219 cm³/mol. The maximum Gasteiger partial charge on any atom is 0.343 e. The molecular formula is C44H40O20. The minimum absolute atomic E-state index is 0.0554. The Labute approximate surface area is 365 Å². The standard InChI is InChI=1S/C44H40O20/c1-8-36(45)56-21-52-32-17-29(18-33(53-22-57-37(46)9-2)42(32)62-25-60-40(49)12-5)28-14-15-31(27(7)16-28)64-44(51)30-19-34(54-23-58-38(47)10-3)43(63-26-61-41(50)13-6)35(20-30)55-24-59-39(48)11-4/h8-20H,1-6,21-26H2,7H3. The Morgan fingerprint density at radius 2 is 0.719 bits per heavy atom. The molecule has 0 saturated heterocycles. The van der Waals surface area contributed by atoms with E-state index in [-0.39, 0.29) is 45.8 Å². The molecule has 0 aliphatic rings. The van der Waals surface area contributed by atoms with Gasteiger partial charge in [-0.15, -0.1) is 0 Å². The van der Waals surface area contributed by atoms with Crippen LogP contribution in [0.4, 0.5) is 0 Å². The number of ether oxygens (including phenoxy) is 13. The van der Waals surface area contributed by atoms with Crippen LogP contribution < -0.4 is 33.2 Å². The summed E-state index contributed by atoms with van der Waals surface area (Å²) < 4.78 is 68.9. The third-order valence-electron chi connectivity index (χ3n) is 7.46. The number of aryl methyl sites for hydroxylation is 1. The number of benzene rings is 3. The second kappa shape index (κ2) is 25.7. The maximum absolute atomic E-state index is 13.7. The molecule has 0 spiro atoms. The fourth-order valence-corrected chi connectivity index (χ4v) is 4.50. The van der Waals surface area contributed by atoms with E-state index in [4.69, 9.17) is 61.6 Å². The largest absolute Gasteiger partial charge is 0.453 e. The van der Waals surface area contributed by atoms with Crippen LogP contribution in [0.2, 0.25) is 0 Å². The van der Waals surface area contributed by atoms with Crippen molar-refractivity contribution in [3.8, 4) is 51.4 Å². The molecule has 0 heterocycles. The van der Waals surface area contributed by atoms with Gasteiger partial charge in [-0.3, -0.25) is 0 Å². The van der Waals surface area contributed by atoms with Crippen molar-refractivity contribution >= 4 is 41.8 Å². The molecule has 3 aromatic rings. The van der Waals surface area contributed by atoms with Gasteiger partial charge in [0.2, 0.25) is 52.3 Å². The average molecular weight is 889 g/mol. The van der Waals surface area contributed by atoms with Gasteiger partial charge in [-0.05, 0) is 60.0 Å². The van der Waals surface area contributed by atoms with Crippen molar-refractivity contribution in [2.45, 2.75) is 6.92 Å². The van der Waals surface area contributed by atoms with E-state index in [1.165, 1.54) is 18.2 Å². The minimum Gasteiger partial charge on any atom is -0.453 e. The van der Waals surface area contributed by atoms with Crippen LogP contribution in [0.5, 0.6) is 40.2 Å². The first-order chi connectivity index (χ1) is 30.8. The van der Waals surface area contributed by atoms with E-state index in [1.807, 2.05) is 0 Å². The molecule has 0 aliphatic carbocycles. The number of rotatable bonds is 27. The van der Waals surface area contributed by atoms with Gasteiger partial charge in [0.25, 0.3) is 0 Å². The first-order valence-corrected chi connectivity index (χ1v) is 18.0. The molecule has 0 amide bonds. The molecule has 0 bridgehead atoms. The highest BCUT2D eigenvalue weighted by Crippen LogP contribution is 2.43. The summed E-state index contributed by atoms with van der Waals surface area (Å²) in [5.41, 5.74) is 1.02. The second-order valence-electron chi connectivity index (χ2n) is 11.6. The summed E-state index contributed by atoms with van der Waals surface area (Å²) in [5, 5.41) is 0. The molecule has 0 fully saturated rings. The van der Waals surface area contributed by atoms with Crippen LogP contribution in [0, 0.1) is 6.92 Å². The van der Waals surface area contributed by atoms with Crippen molar-refractivity contribution in [1.29, 1.82) is 0 Å². The zero-order valence-corrected chi connectivity index (χ0v) is 34.2. The van der Waals surface area contributed by atoms with Crippen LogP contribution in [0.15, 0.2) is 118 Å². The van der Waals surface area contributed by atoms with Gasteiger partial charge in [-0.1, -0.05) is 45.5 Å². The highest BCUT2D eigenvalue weighted by atomic mass is 16.7. The molecule has 336 valence electrons. The maximum atomic E-state index is 13.7. The van der Waals surface area contributed by atoms with E-state index in [0.717, 1.165) is 48.6 Å². The molecule has 0 aliphatic heterocycles. The topological polar surface area (TPSA) is 239 Å². The molecule has 0 radical (unpaired) electrons. The molecule has 0 aromatic heterocycles. The van der Waals surface area contributed by atoms with E-state index in [2.05, 4.69) is 39.5 Å². The number of hydrogen-bond donors (Lipinski definition) is 0. The van der Waals surface area contributed by atoms with E-state index in [1.54, 1.807) is 19.1 Å². The molecule has 0 N–H and O–H groups in total. The fourth-order valence-electron chi connectivity index (χ4n) is 4.50. The number of esters is 7. The van der Waals surface area contributed by atoms with Crippen LogP contribution in [0.1, 0.15) is 15.9 Å². The van der Waals surface area contributed by atoms with Gasteiger partial charge in [0.05, 0.1) is 5.56 Å². The summed E-state index contributed by atoms with van der Waals surface area (Å²) in [6.07, 6.45) is 5.36. The van der Waals surface area contributed by atoms with Crippen LogP contribution in [-0.4, -0.2) is 82.5 Å². The highest BCUT2D eigenvalue weighted by Gasteiger charge is 2.23. The lowest BCUT2D eigenvalue weighted by Gasteiger charge is -2.19. The van der Waals surface area contributed by atoms with Crippen molar-refractivity contribution in [1.82, 2.24) is 0 Å². The first kappa shape index (κ1) is 49.6. The number of hydrogen-bond acceptors (Lipinski definition) is 20. The Kier molecular flexibility index (Phi) is 19.9. The van der Waals surface area contributed by atoms with Crippen LogP contribution in [0.3, 0.4) is 0 Å². The summed E-state index contributed by atoms with van der Waals surface area (Å²) >= 11 is 0. The fraction of sp³-hybridized carbons (Fsp3) is 0.159. The van der Waals surface area contributed by atoms with Gasteiger partial charge < -0.3 is 61.6 Å². The average Bonchev–Trinajstić information content (AvgIpc) is 3.29. The van der Waals surface area contributed by atoms with E-state index < -0.39 is 82.5 Å². The predicted octanol–water partition coefficient (Wildman–Crippen LogP) is 5.27. The number of carbonyl (C=O) groups is 7. The monoisotopic (exact) mass is 888 g/mol. The molecular weight excluding hydrogens is 848 g/mol. The molecule has 20 heteroatoms. The van der Waals surface area contributed by atoms with Gasteiger partial charge >= 0.3 is 41.8 Å². The summed E-state index contributed by atoms with van der Waals surface area (Å²) in [4.78, 5) is 84.0. The van der Waals surface area contributed by atoms with Gasteiger partial charge in [0, 0.05) is 36.5 Å². The second-order valence-corrected chi connectivity index (χ2v) is 11.6. The molecule has 0 atom stereocenters. The van der Waals surface area contributed by atoms with Crippen molar-refractivity contribution in [2.24, 2.45) is 0 Å². The molecule has 0 unspecified atom stereocenters. The van der Waals surface area contributed by atoms with E-state index in [0.29, 0.717) is 16.7 Å². The van der Waals surface area contributed by atoms with Crippen molar-refractivity contribution in [3.63, 3.8) is 0 Å². The van der Waals surface area contributed by atoms with Crippen LogP contribution in [-0.2, 0) is 57.2 Å². The van der Waals surface area contributed by atoms with Crippen LogP contribution in [0.25, 0.3) is 11.1 Å². The SMILES string of the molecule is C=CC(=O)OCOc1cc(C(=O)Oc2ccc(-c3cc(OCOC(=O)C=C)c(OCOC(=O)C=C)c(OCOC(=O)C=C)c3)cc2C)cc(OCOC(=O)C=C)c1OCOC(=O)C=C. The normalized spacial score (nSPS) is 9.89. The Morgan fingerprint density at radius 3 is 1.03 bits per heavy atom. The van der Waals surface area contributed by atoms with Gasteiger partial charge in [0.15, 0.2) is 23.0 Å². The number of carbonyl (C=O) groups excluding carboxylic acids is 7. The van der Waals surface area contributed by atoms with Crippen LogP contribution >= 0.6 is 0 Å². The molecule has 20 nitrogen and oxygen atoms in total. The quantitative estimate of drug-likeness (QED) is 0.0311. The summed E-state index contributed by atoms with van der Waals surface area (Å²) in [6.45, 7) is 17.4. The van der Waals surface area contributed by atoms with Gasteiger partial charge in [-0.25, -0.2) is 33.6 Å². The molecule has 3 rings (SSSR count). The lowest BCUT2D eigenvalue weighted by Crippen LogP contribution is -2.15. The zero-order valence-electron chi connectivity index (χ0n) is 34.2. The lowest BCUT2D eigenvalue weighted by atomic mass is 10.0. The summed E-state index contributed by atoms with van der Waals surface area (Å²) in [5.74, 6) is -7.08. The molecule has 64 heavy (non-hydrogen) atoms. The van der Waals surface area contributed by atoms with Crippen molar-refractivity contribution in [2.75, 3.05) is 40.8 Å². The summed E-state index contributed by atoms with van der Waals surface area (Å²) in [7, 11) is 0. The van der Waals surface area contributed by atoms with E-state index in [9.17, 15) is 33.6 Å². The Bertz CT molecular complexity index is 2200. The lowest BCUT2D eigenvalue weighted by molar-refractivity contribution is -0.146. The molecule has 3 aromatic carbocycles. The van der Waals surface area contributed by atoms with Crippen molar-refractivity contribution < 1.29 is 95.1 Å². The first-order valence-electron chi connectivity index (χ1n) is 18.0. The third kappa shape index (κ3) is 15.7. The van der Waals surface area contributed by atoms with Crippen molar-refractivity contribution in [3.05, 3.63) is 130 Å². The van der Waals surface area contributed by atoms with E-state index >= 15 is 0 Å². The summed E-state index contributed by atoms with van der Waals surface area (Å²) in [6, 6.07) is 9.81. The molecule has 0 saturated carbocycles. The minimum atomic E-state index is -0.977. The Hall–Kier alpha value is -8.81. The van der Waals surface area contributed by atoms with Gasteiger partial charge in [-0.2, -0.15) is 0 Å². The Morgan fingerprint density at radius 1 is 0.406 bits per heavy atom. The smallest absolute Gasteiger partial charge is 0.343 e. The van der Waals surface area contributed by atoms with Gasteiger partial charge in [0.1, 0.15) is 5.75 Å².